The molecule has 2 aliphatic heterocycles. The first-order valence-electron chi connectivity index (χ1n) is 8.20. The number of benzene rings is 1. The van der Waals surface area contributed by atoms with Crippen LogP contribution in [0, 0.1) is 3.57 Å². The molecule has 1 aliphatic carbocycles. The quantitative estimate of drug-likeness (QED) is 0.772. The van der Waals surface area contributed by atoms with Gasteiger partial charge in [0, 0.05) is 15.7 Å². The normalized spacial score (nSPS) is 30.5. The zero-order chi connectivity index (χ0) is 15.2. The van der Waals surface area contributed by atoms with Crippen molar-refractivity contribution in [1.82, 2.24) is 4.90 Å². The molecule has 2 atom stereocenters. The zero-order valence-corrected chi connectivity index (χ0v) is 14.8. The van der Waals surface area contributed by atoms with Crippen molar-refractivity contribution in [1.29, 1.82) is 0 Å². The fraction of sp³-hybridized carbons (Fsp3) is 0.647. The summed E-state index contributed by atoms with van der Waals surface area (Å²) in [4.78, 5) is 2.55. The standard InChI is InChI=1S/C17H22INO3/c18-13-10-15-14(21-11-22-15)9-12(13)4-8-19-7-2-6-17(19)5-1-3-16(17)20/h9-10,16,20H,1-8,11H2/t16-,17-/m0/s1. The van der Waals surface area contributed by atoms with Gasteiger partial charge < -0.3 is 14.6 Å². The third kappa shape index (κ3) is 2.41. The van der Waals surface area contributed by atoms with E-state index in [9.17, 15) is 5.11 Å². The minimum Gasteiger partial charge on any atom is -0.454 e. The number of likely N-dealkylation sites (tertiary alicyclic amines) is 1. The Kier molecular flexibility index (Phi) is 3.98. The number of fused-ring (bicyclic) bond motifs is 1. The summed E-state index contributed by atoms with van der Waals surface area (Å²) in [7, 11) is 0. The number of hydrogen-bond acceptors (Lipinski definition) is 4. The number of aliphatic hydroxyl groups excluding tert-OH is 1. The first kappa shape index (κ1) is 15.0. The molecule has 120 valence electrons. The van der Waals surface area contributed by atoms with Crippen LogP contribution in [0.5, 0.6) is 11.5 Å². The Labute approximate surface area is 144 Å². The molecule has 0 bridgehead atoms. The molecule has 4 nitrogen and oxygen atoms in total. The molecule has 2 fully saturated rings. The van der Waals surface area contributed by atoms with E-state index in [1.807, 2.05) is 0 Å². The highest BCUT2D eigenvalue weighted by Gasteiger charge is 2.48. The Balaban J connectivity index is 1.49. The largest absolute Gasteiger partial charge is 0.454 e. The summed E-state index contributed by atoms with van der Waals surface area (Å²) in [5.41, 5.74) is 1.39. The van der Waals surface area contributed by atoms with Gasteiger partial charge in [-0.25, -0.2) is 0 Å². The highest BCUT2D eigenvalue weighted by molar-refractivity contribution is 14.1. The molecule has 1 N–H and O–H groups in total. The van der Waals surface area contributed by atoms with Crippen molar-refractivity contribution in [2.24, 2.45) is 0 Å². The van der Waals surface area contributed by atoms with Crippen LogP contribution < -0.4 is 9.47 Å². The van der Waals surface area contributed by atoms with Crippen molar-refractivity contribution in [3.05, 3.63) is 21.3 Å². The second kappa shape index (κ2) is 5.83. The van der Waals surface area contributed by atoms with Crippen LogP contribution in [0.1, 0.15) is 37.7 Å². The van der Waals surface area contributed by atoms with Gasteiger partial charge in [0.15, 0.2) is 11.5 Å². The van der Waals surface area contributed by atoms with Crippen LogP contribution in [0.4, 0.5) is 0 Å². The second-order valence-electron chi connectivity index (χ2n) is 6.65. The molecule has 5 heteroatoms. The van der Waals surface area contributed by atoms with E-state index in [1.54, 1.807) is 0 Å². The molecule has 0 amide bonds. The SMILES string of the molecule is O[C@H]1CCC[C@]12CCCN2CCc1cc2c(cc1I)OCO2. The van der Waals surface area contributed by atoms with Crippen LogP contribution >= 0.6 is 22.6 Å². The van der Waals surface area contributed by atoms with Crippen molar-refractivity contribution in [2.75, 3.05) is 19.9 Å². The third-order valence-corrected chi connectivity index (χ3v) is 6.57. The first-order chi connectivity index (χ1) is 10.7. The molecule has 2 heterocycles. The van der Waals surface area contributed by atoms with Gasteiger partial charge in [0.05, 0.1) is 6.10 Å². The molecular formula is C17H22INO3. The van der Waals surface area contributed by atoms with Crippen LogP contribution in [0.15, 0.2) is 12.1 Å². The van der Waals surface area contributed by atoms with E-state index in [1.165, 1.54) is 22.0 Å². The second-order valence-corrected chi connectivity index (χ2v) is 7.81. The summed E-state index contributed by atoms with van der Waals surface area (Å²) in [6.07, 6.45) is 6.54. The van der Waals surface area contributed by atoms with Gasteiger partial charge in [-0.05, 0) is 85.4 Å². The van der Waals surface area contributed by atoms with Gasteiger partial charge in [-0.1, -0.05) is 0 Å². The van der Waals surface area contributed by atoms with Crippen LogP contribution in [-0.2, 0) is 6.42 Å². The summed E-state index contributed by atoms with van der Waals surface area (Å²) in [6.45, 7) is 2.47. The van der Waals surface area contributed by atoms with Crippen LogP contribution in [0.2, 0.25) is 0 Å². The van der Waals surface area contributed by atoms with Gasteiger partial charge in [-0.3, -0.25) is 4.90 Å². The van der Waals surface area contributed by atoms with Crippen LogP contribution in [-0.4, -0.2) is 41.5 Å². The van der Waals surface area contributed by atoms with E-state index in [0.717, 1.165) is 50.3 Å². The summed E-state index contributed by atoms with van der Waals surface area (Å²) in [6, 6.07) is 4.19. The number of hydrogen-bond donors (Lipinski definition) is 1. The lowest BCUT2D eigenvalue weighted by atomic mass is 9.91. The summed E-state index contributed by atoms with van der Waals surface area (Å²) < 4.78 is 12.2. The summed E-state index contributed by atoms with van der Waals surface area (Å²) >= 11 is 2.38. The van der Waals surface area contributed by atoms with Crippen molar-refractivity contribution in [3.8, 4) is 11.5 Å². The Hall–Kier alpha value is -0.530. The predicted octanol–water partition coefficient (Wildman–Crippen LogP) is 2.94. The predicted molar refractivity (Wildman–Crippen MR) is 92.4 cm³/mol. The average Bonchev–Trinajstić information content (AvgIpc) is 3.20. The van der Waals surface area contributed by atoms with Crippen molar-refractivity contribution < 1.29 is 14.6 Å². The maximum Gasteiger partial charge on any atom is 0.231 e. The van der Waals surface area contributed by atoms with E-state index < -0.39 is 0 Å². The van der Waals surface area contributed by atoms with E-state index in [0.29, 0.717) is 6.79 Å². The monoisotopic (exact) mass is 415 g/mol. The minimum atomic E-state index is -0.133. The fourth-order valence-corrected chi connectivity index (χ4v) is 5.10. The van der Waals surface area contributed by atoms with E-state index >= 15 is 0 Å². The van der Waals surface area contributed by atoms with Gasteiger partial charge in [0.1, 0.15) is 0 Å². The zero-order valence-electron chi connectivity index (χ0n) is 12.7. The molecular weight excluding hydrogens is 393 g/mol. The highest BCUT2D eigenvalue weighted by Crippen LogP contribution is 2.43. The number of aliphatic hydroxyl groups is 1. The van der Waals surface area contributed by atoms with Gasteiger partial charge in [-0.2, -0.15) is 0 Å². The topological polar surface area (TPSA) is 41.9 Å². The fourth-order valence-electron chi connectivity index (χ4n) is 4.39. The Bertz CT molecular complexity index is 575. The lowest BCUT2D eigenvalue weighted by Crippen LogP contribution is -2.50. The van der Waals surface area contributed by atoms with Gasteiger partial charge in [0.25, 0.3) is 0 Å². The third-order valence-electron chi connectivity index (χ3n) is 5.57. The number of ether oxygens (including phenoxy) is 2. The first-order valence-corrected chi connectivity index (χ1v) is 9.28. The van der Waals surface area contributed by atoms with Gasteiger partial charge >= 0.3 is 0 Å². The number of halogens is 1. The molecule has 1 aromatic rings. The smallest absolute Gasteiger partial charge is 0.231 e. The lowest BCUT2D eigenvalue weighted by Gasteiger charge is -2.38. The van der Waals surface area contributed by atoms with Crippen LogP contribution in [0.3, 0.4) is 0 Å². The van der Waals surface area contributed by atoms with Crippen molar-refractivity contribution >= 4 is 22.6 Å². The highest BCUT2D eigenvalue weighted by atomic mass is 127. The molecule has 1 aromatic carbocycles. The van der Waals surface area contributed by atoms with E-state index in [-0.39, 0.29) is 11.6 Å². The Morgan fingerprint density at radius 1 is 1.23 bits per heavy atom. The molecule has 1 saturated heterocycles. The molecule has 4 rings (SSSR count). The number of nitrogens with zero attached hydrogens (tertiary/aromatic N) is 1. The van der Waals surface area contributed by atoms with E-state index in [2.05, 4.69) is 39.6 Å². The number of rotatable bonds is 3. The molecule has 3 aliphatic rings. The maximum atomic E-state index is 10.4. The lowest BCUT2D eigenvalue weighted by molar-refractivity contribution is 0.0162. The van der Waals surface area contributed by atoms with Crippen molar-refractivity contribution in [3.63, 3.8) is 0 Å². The molecule has 1 saturated carbocycles. The van der Waals surface area contributed by atoms with Gasteiger partial charge in [-0.15, -0.1) is 0 Å². The Morgan fingerprint density at radius 2 is 2.00 bits per heavy atom. The summed E-state index contributed by atoms with van der Waals surface area (Å²) in [5, 5.41) is 10.4. The molecule has 0 radical (unpaired) electrons. The molecule has 0 unspecified atom stereocenters. The molecule has 22 heavy (non-hydrogen) atoms. The van der Waals surface area contributed by atoms with E-state index in [4.69, 9.17) is 9.47 Å². The van der Waals surface area contributed by atoms with Crippen LogP contribution in [0.25, 0.3) is 0 Å². The van der Waals surface area contributed by atoms with Gasteiger partial charge in [0.2, 0.25) is 6.79 Å². The Morgan fingerprint density at radius 3 is 2.77 bits per heavy atom. The molecule has 0 aromatic heterocycles. The average molecular weight is 415 g/mol. The molecule has 1 spiro atoms. The van der Waals surface area contributed by atoms with Crippen molar-refractivity contribution in [2.45, 2.75) is 50.2 Å². The maximum absolute atomic E-state index is 10.4. The minimum absolute atomic E-state index is 0.0712. The summed E-state index contributed by atoms with van der Waals surface area (Å²) in [5.74, 6) is 1.73.